The molecule has 0 unspecified atom stereocenters. The van der Waals surface area contributed by atoms with Crippen molar-refractivity contribution in [2.24, 2.45) is 0 Å². The molecule has 0 atom stereocenters. The lowest BCUT2D eigenvalue weighted by Crippen LogP contribution is -2.44. The number of aromatic nitrogens is 2. The highest BCUT2D eigenvalue weighted by Crippen LogP contribution is 2.19. The average Bonchev–Trinajstić information content (AvgIpc) is 2.96. The fraction of sp³-hybridized carbons (Fsp3) is 0.500. The highest BCUT2D eigenvalue weighted by atomic mass is 16.5. The first-order valence-corrected chi connectivity index (χ1v) is 7.88. The minimum Gasteiger partial charge on any atom is -0.478 e. The number of fused-ring (bicyclic) bond motifs is 1. The average molecular weight is 318 g/mol. The molecule has 0 bridgehead atoms. The second-order valence-electron chi connectivity index (χ2n) is 5.90. The van der Waals surface area contributed by atoms with Crippen molar-refractivity contribution in [3.63, 3.8) is 0 Å². The third kappa shape index (κ3) is 3.80. The highest BCUT2D eigenvalue weighted by Gasteiger charge is 2.14. The summed E-state index contributed by atoms with van der Waals surface area (Å²) < 4.78 is 5.68. The molecule has 2 N–H and O–H groups in total. The Hall–Kier alpha value is -2.12. The van der Waals surface area contributed by atoms with Gasteiger partial charge in [0.1, 0.15) is 11.1 Å². The van der Waals surface area contributed by atoms with E-state index in [1.54, 1.807) is 12.1 Å². The molecule has 23 heavy (non-hydrogen) atoms. The number of nitrogens with zero attached hydrogens (tertiary/aromatic N) is 3. The van der Waals surface area contributed by atoms with Gasteiger partial charge in [-0.05, 0) is 19.5 Å². The molecular weight excluding hydrogens is 296 g/mol. The number of nitrogens with one attached hydrogen (secondary N) is 1. The van der Waals surface area contributed by atoms with Gasteiger partial charge in [-0.2, -0.15) is 0 Å². The number of aromatic amines is 1. The number of ether oxygens (including phenoxy) is 1. The molecule has 7 heteroatoms. The number of hydrogen-bond acceptors (Lipinski definition) is 5. The van der Waals surface area contributed by atoms with E-state index in [0.717, 1.165) is 39.1 Å². The normalized spacial score (nSPS) is 16.7. The topological polar surface area (TPSA) is 81.7 Å². The van der Waals surface area contributed by atoms with Gasteiger partial charge in [0, 0.05) is 45.0 Å². The van der Waals surface area contributed by atoms with Gasteiger partial charge in [0.05, 0.1) is 12.1 Å². The van der Waals surface area contributed by atoms with Gasteiger partial charge >= 0.3 is 5.97 Å². The smallest absolute Gasteiger partial charge is 0.339 e. The number of aromatic carboxylic acids is 1. The van der Waals surface area contributed by atoms with E-state index in [-0.39, 0.29) is 5.56 Å². The van der Waals surface area contributed by atoms with Crippen LogP contribution < -0.4 is 4.74 Å². The van der Waals surface area contributed by atoms with Crippen LogP contribution in [0.2, 0.25) is 0 Å². The largest absolute Gasteiger partial charge is 0.478 e. The lowest BCUT2D eigenvalue weighted by atomic mass is 10.3. The maximum atomic E-state index is 11.1. The van der Waals surface area contributed by atoms with E-state index in [1.807, 2.05) is 0 Å². The summed E-state index contributed by atoms with van der Waals surface area (Å²) in [6.45, 7) is 6.03. The monoisotopic (exact) mass is 318 g/mol. The molecule has 124 valence electrons. The SMILES string of the molecule is CN1CCN(CCCOc2ccc3[nH]cc(C(=O)O)c3n2)CC1. The Morgan fingerprint density at radius 3 is 2.87 bits per heavy atom. The molecule has 0 aliphatic carbocycles. The van der Waals surface area contributed by atoms with Crippen LogP contribution in [0.25, 0.3) is 11.0 Å². The van der Waals surface area contributed by atoms with Gasteiger partial charge in [0.15, 0.2) is 0 Å². The Labute approximate surface area is 134 Å². The van der Waals surface area contributed by atoms with E-state index in [0.29, 0.717) is 23.5 Å². The fourth-order valence-corrected chi connectivity index (χ4v) is 2.76. The predicted octanol–water partition coefficient (Wildman–Crippen LogP) is 1.28. The van der Waals surface area contributed by atoms with Crippen LogP contribution in [-0.4, -0.2) is 77.2 Å². The molecular formula is C16H22N4O3. The van der Waals surface area contributed by atoms with Crippen LogP contribution in [0.1, 0.15) is 16.8 Å². The second-order valence-corrected chi connectivity index (χ2v) is 5.90. The molecule has 1 aliphatic heterocycles. The van der Waals surface area contributed by atoms with Crippen LogP contribution >= 0.6 is 0 Å². The van der Waals surface area contributed by atoms with Crippen LogP contribution in [0.4, 0.5) is 0 Å². The number of carboxylic acids is 1. The molecule has 1 fully saturated rings. The van der Waals surface area contributed by atoms with Crippen molar-refractivity contribution in [3.8, 4) is 5.88 Å². The molecule has 0 amide bonds. The number of pyridine rings is 1. The molecule has 0 saturated carbocycles. The third-order valence-corrected chi connectivity index (χ3v) is 4.19. The van der Waals surface area contributed by atoms with Crippen molar-refractivity contribution in [1.29, 1.82) is 0 Å². The summed E-state index contributed by atoms with van der Waals surface area (Å²) in [5.74, 6) is -0.519. The second kappa shape index (κ2) is 6.97. The zero-order valence-electron chi connectivity index (χ0n) is 13.3. The number of piperazine rings is 1. The van der Waals surface area contributed by atoms with Gasteiger partial charge in [0.25, 0.3) is 0 Å². The molecule has 0 spiro atoms. The maximum absolute atomic E-state index is 11.1. The Morgan fingerprint density at radius 1 is 1.35 bits per heavy atom. The number of hydrogen-bond donors (Lipinski definition) is 2. The van der Waals surface area contributed by atoms with Crippen LogP contribution in [0, 0.1) is 0 Å². The molecule has 2 aromatic rings. The quantitative estimate of drug-likeness (QED) is 0.781. The minimum absolute atomic E-state index is 0.169. The van der Waals surface area contributed by atoms with Crippen LogP contribution in [0.15, 0.2) is 18.3 Å². The Bertz CT molecular complexity index is 677. The van der Waals surface area contributed by atoms with Crippen molar-refractivity contribution in [3.05, 3.63) is 23.9 Å². The Kier molecular flexibility index (Phi) is 4.78. The summed E-state index contributed by atoms with van der Waals surface area (Å²) in [6, 6.07) is 3.56. The molecule has 0 aromatic carbocycles. The summed E-state index contributed by atoms with van der Waals surface area (Å²) in [6.07, 6.45) is 2.39. The zero-order chi connectivity index (χ0) is 16.2. The van der Waals surface area contributed by atoms with Gasteiger partial charge in [-0.25, -0.2) is 9.78 Å². The lowest BCUT2D eigenvalue weighted by Gasteiger charge is -2.32. The molecule has 1 aliphatic rings. The molecule has 3 rings (SSSR count). The molecule has 7 nitrogen and oxygen atoms in total. The van der Waals surface area contributed by atoms with Gasteiger partial charge in [0.2, 0.25) is 5.88 Å². The number of H-pyrrole nitrogens is 1. The van der Waals surface area contributed by atoms with Crippen LogP contribution in [0.5, 0.6) is 5.88 Å². The first kappa shape index (κ1) is 15.8. The van der Waals surface area contributed by atoms with Gasteiger partial charge in [-0.1, -0.05) is 0 Å². The summed E-state index contributed by atoms with van der Waals surface area (Å²) in [5.41, 5.74) is 1.31. The first-order valence-electron chi connectivity index (χ1n) is 7.88. The summed E-state index contributed by atoms with van der Waals surface area (Å²) in [5, 5.41) is 9.13. The van der Waals surface area contributed by atoms with Crippen LogP contribution in [-0.2, 0) is 0 Å². The Morgan fingerprint density at radius 2 is 2.13 bits per heavy atom. The molecule has 2 aromatic heterocycles. The predicted molar refractivity (Wildman–Crippen MR) is 87.1 cm³/mol. The van der Waals surface area contributed by atoms with Crippen molar-refractivity contribution >= 4 is 17.0 Å². The third-order valence-electron chi connectivity index (χ3n) is 4.19. The standard InChI is InChI=1S/C16H22N4O3/c1-19-6-8-20(9-7-19)5-2-10-23-14-4-3-13-15(18-14)12(11-17-13)16(21)22/h3-4,11,17H,2,5-10H2,1H3,(H,21,22). The summed E-state index contributed by atoms with van der Waals surface area (Å²) >= 11 is 0. The maximum Gasteiger partial charge on any atom is 0.339 e. The van der Waals surface area contributed by atoms with Gasteiger partial charge in [-0.15, -0.1) is 0 Å². The number of carbonyl (C=O) groups is 1. The number of likely N-dealkylation sites (N-methyl/N-ethyl adjacent to an activating group) is 1. The van der Waals surface area contributed by atoms with E-state index in [9.17, 15) is 4.79 Å². The molecule has 1 saturated heterocycles. The lowest BCUT2D eigenvalue weighted by molar-refractivity contribution is 0.0699. The summed E-state index contributed by atoms with van der Waals surface area (Å²) in [7, 11) is 2.15. The van der Waals surface area contributed by atoms with Crippen molar-refractivity contribution in [2.45, 2.75) is 6.42 Å². The first-order chi connectivity index (χ1) is 11.1. The van der Waals surface area contributed by atoms with Crippen molar-refractivity contribution in [2.75, 3.05) is 46.4 Å². The Balaban J connectivity index is 1.51. The fourth-order valence-electron chi connectivity index (χ4n) is 2.76. The van der Waals surface area contributed by atoms with E-state index < -0.39 is 5.97 Å². The zero-order valence-corrected chi connectivity index (χ0v) is 13.3. The minimum atomic E-state index is -0.990. The number of carboxylic acid groups (broad SMARTS) is 1. The molecule has 3 heterocycles. The van der Waals surface area contributed by atoms with Gasteiger partial charge in [-0.3, -0.25) is 0 Å². The number of rotatable bonds is 6. The van der Waals surface area contributed by atoms with E-state index in [1.165, 1.54) is 6.20 Å². The van der Waals surface area contributed by atoms with E-state index in [4.69, 9.17) is 9.84 Å². The van der Waals surface area contributed by atoms with Gasteiger partial charge < -0.3 is 24.6 Å². The van der Waals surface area contributed by atoms with E-state index >= 15 is 0 Å². The van der Waals surface area contributed by atoms with Crippen LogP contribution in [0.3, 0.4) is 0 Å². The highest BCUT2D eigenvalue weighted by molar-refractivity contribution is 6.01. The molecule has 0 radical (unpaired) electrons. The van der Waals surface area contributed by atoms with Crippen molar-refractivity contribution in [1.82, 2.24) is 19.8 Å². The van der Waals surface area contributed by atoms with E-state index in [2.05, 4.69) is 26.8 Å². The van der Waals surface area contributed by atoms with Crippen molar-refractivity contribution < 1.29 is 14.6 Å². The summed E-state index contributed by atoms with van der Waals surface area (Å²) in [4.78, 5) is 23.1.